The fraction of sp³-hybridized carbons (Fsp3) is 0. The predicted molar refractivity (Wildman–Crippen MR) is 75.1 cm³/mol. The molecule has 19 heavy (non-hydrogen) atoms. The molecule has 2 heteroatoms. The predicted octanol–water partition coefficient (Wildman–Crippen LogP) is 4.55. The van der Waals surface area contributed by atoms with Crippen molar-refractivity contribution < 1.29 is 4.39 Å². The molecule has 0 aliphatic carbocycles. The Morgan fingerprint density at radius 1 is 0.684 bits per heavy atom. The van der Waals surface area contributed by atoms with Crippen LogP contribution in [0.1, 0.15) is 0 Å². The van der Waals surface area contributed by atoms with Crippen LogP contribution >= 0.6 is 0 Å². The first-order valence-electron chi connectivity index (χ1n) is 6.11. The lowest BCUT2D eigenvalue weighted by atomic mass is 10.0. The second-order valence-corrected chi connectivity index (χ2v) is 4.27. The number of halogens is 1. The van der Waals surface area contributed by atoms with E-state index in [4.69, 9.17) is 0 Å². The van der Waals surface area contributed by atoms with E-state index in [-0.39, 0.29) is 5.82 Å². The lowest BCUT2D eigenvalue weighted by Crippen LogP contribution is -1.85. The zero-order chi connectivity index (χ0) is 13.1. The van der Waals surface area contributed by atoms with Crippen molar-refractivity contribution in [2.45, 2.75) is 0 Å². The summed E-state index contributed by atoms with van der Waals surface area (Å²) in [4.78, 5) is 4.29. The van der Waals surface area contributed by atoms with Crippen molar-refractivity contribution in [3.05, 3.63) is 78.7 Å². The highest BCUT2D eigenvalue weighted by molar-refractivity contribution is 5.69. The molecule has 0 aliphatic rings. The van der Waals surface area contributed by atoms with Crippen LogP contribution in [0.2, 0.25) is 0 Å². The normalized spacial score (nSPS) is 10.4. The topological polar surface area (TPSA) is 12.9 Å². The highest BCUT2D eigenvalue weighted by Gasteiger charge is 2.04. The molecule has 0 saturated heterocycles. The lowest BCUT2D eigenvalue weighted by molar-refractivity contribution is 0.631. The maximum absolute atomic E-state index is 13.7. The van der Waals surface area contributed by atoms with Crippen molar-refractivity contribution in [3.63, 3.8) is 0 Å². The van der Waals surface area contributed by atoms with Gasteiger partial charge in [0, 0.05) is 17.3 Å². The Balaban J connectivity index is 1.98. The minimum absolute atomic E-state index is 0.201. The largest absolute Gasteiger partial charge is 0.256 e. The van der Waals surface area contributed by atoms with Crippen molar-refractivity contribution in [1.29, 1.82) is 0 Å². The number of aromatic nitrogens is 1. The van der Waals surface area contributed by atoms with Crippen LogP contribution in [0, 0.1) is 5.82 Å². The fourth-order valence-corrected chi connectivity index (χ4v) is 2.05. The first kappa shape index (κ1) is 11.6. The van der Waals surface area contributed by atoms with Gasteiger partial charge in [-0.25, -0.2) is 4.39 Å². The molecular weight excluding hydrogens is 237 g/mol. The summed E-state index contributed by atoms with van der Waals surface area (Å²) in [6, 6.07) is 20.3. The Kier molecular flexibility index (Phi) is 3.07. The van der Waals surface area contributed by atoms with Gasteiger partial charge < -0.3 is 0 Å². The van der Waals surface area contributed by atoms with Gasteiger partial charge in [-0.3, -0.25) is 4.98 Å². The van der Waals surface area contributed by atoms with Gasteiger partial charge in [-0.1, -0.05) is 48.5 Å². The van der Waals surface area contributed by atoms with Gasteiger partial charge in [0.1, 0.15) is 5.82 Å². The van der Waals surface area contributed by atoms with Crippen LogP contribution < -0.4 is 0 Å². The second-order valence-electron chi connectivity index (χ2n) is 4.27. The summed E-state index contributed by atoms with van der Waals surface area (Å²) in [5, 5.41) is 0. The second kappa shape index (κ2) is 5.02. The Morgan fingerprint density at radius 2 is 1.37 bits per heavy atom. The third-order valence-corrected chi connectivity index (χ3v) is 3.03. The third kappa shape index (κ3) is 2.38. The molecule has 0 aliphatic heterocycles. The van der Waals surface area contributed by atoms with Crippen molar-refractivity contribution in [1.82, 2.24) is 4.98 Å². The van der Waals surface area contributed by atoms with Crippen molar-refractivity contribution >= 4 is 0 Å². The monoisotopic (exact) mass is 249 g/mol. The van der Waals surface area contributed by atoms with Crippen LogP contribution in [0.15, 0.2) is 72.9 Å². The summed E-state index contributed by atoms with van der Waals surface area (Å²) in [7, 11) is 0. The van der Waals surface area contributed by atoms with Crippen LogP contribution in [-0.2, 0) is 0 Å². The number of hydrogen-bond donors (Lipinski definition) is 0. The van der Waals surface area contributed by atoms with Crippen LogP contribution in [0.5, 0.6) is 0 Å². The van der Waals surface area contributed by atoms with E-state index in [0.29, 0.717) is 5.56 Å². The van der Waals surface area contributed by atoms with Crippen molar-refractivity contribution in [3.8, 4) is 22.4 Å². The highest BCUT2D eigenvalue weighted by atomic mass is 19.1. The summed E-state index contributed by atoms with van der Waals surface area (Å²) < 4.78 is 13.7. The molecule has 0 saturated carbocycles. The van der Waals surface area contributed by atoms with Gasteiger partial charge in [-0.2, -0.15) is 0 Å². The molecule has 3 aromatic rings. The highest BCUT2D eigenvalue weighted by Crippen LogP contribution is 2.25. The summed E-state index contributed by atoms with van der Waals surface area (Å²) >= 11 is 0. The fourth-order valence-electron chi connectivity index (χ4n) is 2.05. The van der Waals surface area contributed by atoms with Gasteiger partial charge in [-0.15, -0.1) is 0 Å². The standard InChI is InChI=1S/C17H12FN/c18-16-6-2-1-5-15(16)13-8-10-14(11-9-13)17-7-3-4-12-19-17/h1-12H. The van der Waals surface area contributed by atoms with E-state index in [2.05, 4.69) is 4.98 Å². The van der Waals surface area contributed by atoms with E-state index in [1.54, 1.807) is 18.3 Å². The van der Waals surface area contributed by atoms with Gasteiger partial charge in [0.25, 0.3) is 0 Å². The minimum Gasteiger partial charge on any atom is -0.256 e. The lowest BCUT2D eigenvalue weighted by Gasteiger charge is -2.05. The summed E-state index contributed by atoms with van der Waals surface area (Å²) in [5.41, 5.74) is 3.44. The molecule has 1 nitrogen and oxygen atoms in total. The molecule has 0 spiro atoms. The van der Waals surface area contributed by atoms with Gasteiger partial charge in [0.2, 0.25) is 0 Å². The van der Waals surface area contributed by atoms with E-state index in [1.165, 1.54) is 6.07 Å². The Morgan fingerprint density at radius 3 is 2.05 bits per heavy atom. The Bertz CT molecular complexity index is 675. The maximum atomic E-state index is 13.7. The van der Waals surface area contributed by atoms with E-state index >= 15 is 0 Å². The molecule has 0 unspecified atom stereocenters. The molecule has 0 bridgehead atoms. The number of pyridine rings is 1. The van der Waals surface area contributed by atoms with E-state index in [1.807, 2.05) is 48.5 Å². The van der Waals surface area contributed by atoms with Crippen LogP contribution in [0.4, 0.5) is 4.39 Å². The number of nitrogens with zero attached hydrogens (tertiary/aromatic N) is 1. The van der Waals surface area contributed by atoms with Gasteiger partial charge >= 0.3 is 0 Å². The van der Waals surface area contributed by atoms with Crippen molar-refractivity contribution in [2.75, 3.05) is 0 Å². The molecule has 0 radical (unpaired) electrons. The molecule has 0 fully saturated rings. The van der Waals surface area contributed by atoms with Crippen LogP contribution in [-0.4, -0.2) is 4.98 Å². The first-order chi connectivity index (χ1) is 9.34. The SMILES string of the molecule is Fc1ccccc1-c1ccc(-c2ccccn2)cc1. The smallest absolute Gasteiger partial charge is 0.131 e. The molecule has 1 heterocycles. The Labute approximate surface area is 111 Å². The summed E-state index contributed by atoms with van der Waals surface area (Å²) in [5.74, 6) is -0.201. The van der Waals surface area contributed by atoms with E-state index in [9.17, 15) is 4.39 Å². The first-order valence-corrected chi connectivity index (χ1v) is 6.11. The summed E-state index contributed by atoms with van der Waals surface area (Å²) in [6.45, 7) is 0. The van der Waals surface area contributed by atoms with Crippen LogP contribution in [0.3, 0.4) is 0 Å². The molecule has 1 aromatic heterocycles. The summed E-state index contributed by atoms with van der Waals surface area (Å²) in [6.07, 6.45) is 1.76. The average Bonchev–Trinajstić information content (AvgIpc) is 2.49. The number of rotatable bonds is 2. The quantitative estimate of drug-likeness (QED) is 0.649. The van der Waals surface area contributed by atoms with E-state index < -0.39 is 0 Å². The number of hydrogen-bond acceptors (Lipinski definition) is 1. The molecule has 0 atom stereocenters. The zero-order valence-corrected chi connectivity index (χ0v) is 10.3. The van der Waals surface area contributed by atoms with Gasteiger partial charge in [0.05, 0.1) is 5.69 Å². The molecular formula is C17H12FN. The molecule has 2 aromatic carbocycles. The zero-order valence-electron chi connectivity index (χ0n) is 10.3. The van der Waals surface area contributed by atoms with Crippen LogP contribution in [0.25, 0.3) is 22.4 Å². The van der Waals surface area contributed by atoms with Gasteiger partial charge in [-0.05, 0) is 23.8 Å². The third-order valence-electron chi connectivity index (χ3n) is 3.03. The maximum Gasteiger partial charge on any atom is 0.131 e. The number of benzene rings is 2. The molecule has 92 valence electrons. The van der Waals surface area contributed by atoms with E-state index in [0.717, 1.165) is 16.8 Å². The van der Waals surface area contributed by atoms with Crippen molar-refractivity contribution in [2.24, 2.45) is 0 Å². The molecule has 0 N–H and O–H groups in total. The molecule has 3 rings (SSSR count). The average molecular weight is 249 g/mol. The minimum atomic E-state index is -0.201. The Hall–Kier alpha value is -2.48. The van der Waals surface area contributed by atoms with Gasteiger partial charge in [0.15, 0.2) is 0 Å². The molecule has 0 amide bonds.